The Morgan fingerprint density at radius 2 is 1.84 bits per heavy atom. The Kier molecular flexibility index (Phi) is 6.28. The first-order valence-corrected chi connectivity index (χ1v) is 11.5. The lowest BCUT2D eigenvalue weighted by Crippen LogP contribution is -2.48. The third-order valence-electron chi connectivity index (χ3n) is 6.55. The normalized spacial score (nSPS) is 17.5. The number of benzene rings is 1. The van der Waals surface area contributed by atoms with Crippen LogP contribution < -0.4 is 4.90 Å². The predicted molar refractivity (Wildman–Crippen MR) is 122 cm³/mol. The molecule has 1 aromatic carbocycles. The highest BCUT2D eigenvalue weighted by Gasteiger charge is 2.33. The standard InChI is InChI=1S/C25H34N4O2/c1-18-21-10-7-14-28(15-11-19-8-5-4-6-9-19)23(21)27-22(26-18)20-12-16-29(17-13-20)24(30)25(2,3)31/h4-6,8-9,20,31H,7,10-17H2,1-3H3. The van der Waals surface area contributed by atoms with Gasteiger partial charge in [0, 0.05) is 43.4 Å². The number of likely N-dealkylation sites (tertiary alicyclic amines) is 1. The third-order valence-corrected chi connectivity index (χ3v) is 6.55. The second-order valence-electron chi connectivity index (χ2n) is 9.42. The molecule has 2 aromatic rings. The average molecular weight is 423 g/mol. The number of carbonyl (C=O) groups is 1. The molecular weight excluding hydrogens is 388 g/mol. The van der Waals surface area contributed by atoms with E-state index < -0.39 is 5.60 Å². The van der Waals surface area contributed by atoms with Crippen LogP contribution in [0.3, 0.4) is 0 Å². The molecule has 0 aliphatic carbocycles. The van der Waals surface area contributed by atoms with Gasteiger partial charge in [0.2, 0.25) is 0 Å². The van der Waals surface area contributed by atoms with Gasteiger partial charge in [0.05, 0.1) is 0 Å². The van der Waals surface area contributed by atoms with E-state index in [1.165, 1.54) is 11.1 Å². The number of aryl methyl sites for hydroxylation is 1. The van der Waals surface area contributed by atoms with E-state index in [0.29, 0.717) is 13.1 Å². The molecule has 6 heteroatoms. The van der Waals surface area contributed by atoms with Crippen LogP contribution >= 0.6 is 0 Å². The maximum absolute atomic E-state index is 12.4. The fourth-order valence-electron chi connectivity index (χ4n) is 4.75. The Morgan fingerprint density at radius 3 is 2.52 bits per heavy atom. The third kappa shape index (κ3) is 4.90. The Hall–Kier alpha value is -2.47. The summed E-state index contributed by atoms with van der Waals surface area (Å²) >= 11 is 0. The van der Waals surface area contributed by atoms with E-state index >= 15 is 0 Å². The lowest BCUT2D eigenvalue weighted by molar-refractivity contribution is -0.149. The summed E-state index contributed by atoms with van der Waals surface area (Å²) in [7, 11) is 0. The Balaban J connectivity index is 1.48. The van der Waals surface area contributed by atoms with E-state index in [1.807, 2.05) is 0 Å². The quantitative estimate of drug-likeness (QED) is 0.801. The number of rotatable bonds is 5. The molecule has 1 amide bonds. The van der Waals surface area contributed by atoms with Crippen molar-refractivity contribution in [3.8, 4) is 0 Å². The molecule has 166 valence electrons. The number of nitrogens with zero attached hydrogens (tertiary/aromatic N) is 4. The first-order chi connectivity index (χ1) is 14.8. The molecule has 2 aliphatic heterocycles. The number of piperidine rings is 1. The lowest BCUT2D eigenvalue weighted by Gasteiger charge is -2.36. The first-order valence-electron chi connectivity index (χ1n) is 11.5. The molecule has 0 radical (unpaired) electrons. The number of carbonyl (C=O) groups excluding carboxylic acids is 1. The van der Waals surface area contributed by atoms with Gasteiger partial charge in [-0.05, 0) is 58.4 Å². The van der Waals surface area contributed by atoms with Crippen molar-refractivity contribution in [2.45, 2.75) is 64.4 Å². The van der Waals surface area contributed by atoms with Gasteiger partial charge in [-0.3, -0.25) is 4.79 Å². The molecule has 0 unspecified atom stereocenters. The maximum atomic E-state index is 12.4. The number of hydrogen-bond donors (Lipinski definition) is 1. The molecule has 6 nitrogen and oxygen atoms in total. The summed E-state index contributed by atoms with van der Waals surface area (Å²) in [6.07, 6.45) is 4.87. The van der Waals surface area contributed by atoms with Gasteiger partial charge in [-0.15, -0.1) is 0 Å². The van der Waals surface area contributed by atoms with Gasteiger partial charge >= 0.3 is 0 Å². The van der Waals surface area contributed by atoms with Crippen LogP contribution in [0.5, 0.6) is 0 Å². The maximum Gasteiger partial charge on any atom is 0.253 e. The van der Waals surface area contributed by atoms with Crippen molar-refractivity contribution in [3.63, 3.8) is 0 Å². The summed E-state index contributed by atoms with van der Waals surface area (Å²) in [6, 6.07) is 10.6. The lowest BCUT2D eigenvalue weighted by atomic mass is 9.93. The number of amides is 1. The number of aliphatic hydroxyl groups is 1. The summed E-state index contributed by atoms with van der Waals surface area (Å²) < 4.78 is 0. The van der Waals surface area contributed by atoms with Crippen LogP contribution in [0.2, 0.25) is 0 Å². The van der Waals surface area contributed by atoms with Crippen molar-refractivity contribution >= 4 is 11.7 Å². The van der Waals surface area contributed by atoms with Crippen molar-refractivity contribution in [1.82, 2.24) is 14.9 Å². The highest BCUT2D eigenvalue weighted by Crippen LogP contribution is 2.32. The van der Waals surface area contributed by atoms with E-state index in [1.54, 1.807) is 18.7 Å². The van der Waals surface area contributed by atoms with E-state index in [0.717, 1.165) is 62.5 Å². The van der Waals surface area contributed by atoms with Crippen LogP contribution in [0.1, 0.15) is 61.7 Å². The zero-order chi connectivity index (χ0) is 22.0. The fourth-order valence-corrected chi connectivity index (χ4v) is 4.75. The molecule has 0 saturated carbocycles. The van der Waals surface area contributed by atoms with Crippen LogP contribution in [-0.4, -0.2) is 57.7 Å². The zero-order valence-electron chi connectivity index (χ0n) is 19.0. The van der Waals surface area contributed by atoms with Crippen LogP contribution in [0.4, 0.5) is 5.82 Å². The molecule has 4 rings (SSSR count). The molecular formula is C25H34N4O2. The van der Waals surface area contributed by atoms with Crippen LogP contribution in [0, 0.1) is 6.92 Å². The number of hydrogen-bond acceptors (Lipinski definition) is 5. The number of aromatic nitrogens is 2. The summed E-state index contributed by atoms with van der Waals surface area (Å²) in [5.74, 6) is 2.09. The predicted octanol–water partition coefficient (Wildman–Crippen LogP) is 3.26. The SMILES string of the molecule is Cc1nc(C2CCN(C(=O)C(C)(C)O)CC2)nc2c1CCCN2CCc1ccccc1. The van der Waals surface area contributed by atoms with E-state index in [2.05, 4.69) is 42.2 Å². The van der Waals surface area contributed by atoms with Gasteiger partial charge in [-0.25, -0.2) is 9.97 Å². The fraction of sp³-hybridized carbons (Fsp3) is 0.560. The highest BCUT2D eigenvalue weighted by molar-refractivity contribution is 5.84. The number of anilines is 1. The molecule has 1 N–H and O–H groups in total. The smallest absolute Gasteiger partial charge is 0.253 e. The van der Waals surface area contributed by atoms with E-state index in [9.17, 15) is 9.90 Å². The molecule has 2 aliphatic rings. The summed E-state index contributed by atoms with van der Waals surface area (Å²) in [4.78, 5) is 26.5. The summed E-state index contributed by atoms with van der Waals surface area (Å²) in [6.45, 7) is 8.51. The van der Waals surface area contributed by atoms with Crippen LogP contribution in [-0.2, 0) is 17.6 Å². The average Bonchev–Trinajstić information content (AvgIpc) is 2.77. The molecule has 1 saturated heterocycles. The van der Waals surface area contributed by atoms with E-state index in [4.69, 9.17) is 9.97 Å². The molecule has 0 bridgehead atoms. The monoisotopic (exact) mass is 422 g/mol. The number of fused-ring (bicyclic) bond motifs is 1. The van der Waals surface area contributed by atoms with Crippen molar-refractivity contribution < 1.29 is 9.90 Å². The van der Waals surface area contributed by atoms with Crippen molar-refractivity contribution in [1.29, 1.82) is 0 Å². The topological polar surface area (TPSA) is 69.6 Å². The highest BCUT2D eigenvalue weighted by atomic mass is 16.3. The van der Waals surface area contributed by atoms with Gasteiger partial charge in [-0.2, -0.15) is 0 Å². The minimum Gasteiger partial charge on any atom is -0.381 e. The van der Waals surface area contributed by atoms with Crippen LogP contribution in [0.25, 0.3) is 0 Å². The summed E-state index contributed by atoms with van der Waals surface area (Å²) in [5.41, 5.74) is 2.42. The van der Waals surface area contributed by atoms with Crippen molar-refractivity contribution in [2.75, 3.05) is 31.1 Å². The molecule has 31 heavy (non-hydrogen) atoms. The van der Waals surface area contributed by atoms with Crippen molar-refractivity contribution in [3.05, 3.63) is 53.0 Å². The summed E-state index contributed by atoms with van der Waals surface area (Å²) in [5, 5.41) is 10.0. The molecule has 3 heterocycles. The Labute approximate surface area is 185 Å². The minimum atomic E-state index is -1.31. The Bertz CT molecular complexity index is 915. The second kappa shape index (κ2) is 8.95. The first kappa shape index (κ1) is 21.8. The van der Waals surface area contributed by atoms with Gasteiger partial charge < -0.3 is 14.9 Å². The van der Waals surface area contributed by atoms with Crippen LogP contribution in [0.15, 0.2) is 30.3 Å². The van der Waals surface area contributed by atoms with E-state index in [-0.39, 0.29) is 11.8 Å². The molecule has 0 spiro atoms. The second-order valence-corrected chi connectivity index (χ2v) is 9.42. The largest absolute Gasteiger partial charge is 0.381 e. The molecule has 1 fully saturated rings. The Morgan fingerprint density at radius 1 is 1.13 bits per heavy atom. The van der Waals surface area contributed by atoms with Gasteiger partial charge in [0.1, 0.15) is 17.2 Å². The van der Waals surface area contributed by atoms with Gasteiger partial charge in [0.25, 0.3) is 5.91 Å². The van der Waals surface area contributed by atoms with Crippen molar-refractivity contribution in [2.24, 2.45) is 0 Å². The minimum absolute atomic E-state index is 0.194. The van der Waals surface area contributed by atoms with Gasteiger partial charge in [0.15, 0.2) is 0 Å². The molecule has 0 atom stereocenters. The zero-order valence-corrected chi connectivity index (χ0v) is 19.0. The van der Waals surface area contributed by atoms with Gasteiger partial charge in [-0.1, -0.05) is 30.3 Å². The molecule has 1 aromatic heterocycles.